The molecular weight excluding hydrogens is 390 g/mol. The molecule has 28 heavy (non-hydrogen) atoms. The Morgan fingerprint density at radius 1 is 1.25 bits per heavy atom. The number of aromatic nitrogens is 3. The highest BCUT2D eigenvalue weighted by Gasteiger charge is 2.30. The number of aryl methyl sites for hydroxylation is 1. The van der Waals surface area contributed by atoms with Crippen molar-refractivity contribution >= 4 is 39.9 Å². The van der Waals surface area contributed by atoms with Crippen molar-refractivity contribution in [3.63, 3.8) is 0 Å². The van der Waals surface area contributed by atoms with Gasteiger partial charge in [-0.3, -0.25) is 4.79 Å². The topological polar surface area (TPSA) is 60.9 Å². The molecule has 0 saturated heterocycles. The minimum absolute atomic E-state index is 0.0103. The molecule has 3 heterocycles. The molecule has 0 spiro atoms. The van der Waals surface area contributed by atoms with E-state index in [1.807, 2.05) is 31.2 Å². The molecular formula is C21H19N3O2S2. The zero-order valence-corrected chi connectivity index (χ0v) is 17.1. The maximum Gasteiger partial charge on any atom is 0.208 e. The minimum atomic E-state index is -0.0103. The number of thioether (sulfide) groups is 1. The minimum Gasteiger partial charge on any atom is -0.453 e. The van der Waals surface area contributed by atoms with E-state index >= 15 is 0 Å². The van der Waals surface area contributed by atoms with Gasteiger partial charge in [0.25, 0.3) is 0 Å². The number of nitrogens with zero attached hydrogens (tertiary/aromatic N) is 3. The van der Waals surface area contributed by atoms with Crippen LogP contribution in [0, 0.1) is 6.92 Å². The molecule has 1 aliphatic rings. The van der Waals surface area contributed by atoms with E-state index in [-0.39, 0.29) is 5.78 Å². The highest BCUT2D eigenvalue weighted by Crippen LogP contribution is 2.39. The highest BCUT2D eigenvalue weighted by molar-refractivity contribution is 7.99. The van der Waals surface area contributed by atoms with E-state index in [9.17, 15) is 4.79 Å². The number of rotatable bonds is 7. The molecule has 3 aromatic heterocycles. The van der Waals surface area contributed by atoms with Crippen LogP contribution in [0.15, 0.2) is 51.4 Å². The molecule has 1 saturated carbocycles. The zero-order valence-electron chi connectivity index (χ0n) is 15.4. The molecule has 1 aliphatic carbocycles. The average Bonchev–Trinajstić information content (AvgIpc) is 3.12. The molecule has 5 rings (SSSR count). The van der Waals surface area contributed by atoms with Gasteiger partial charge in [-0.25, -0.2) is 0 Å². The Bertz CT molecular complexity index is 1140. The molecule has 1 fully saturated rings. The highest BCUT2D eigenvalue weighted by atomic mass is 32.2. The molecule has 5 nitrogen and oxygen atoms in total. The van der Waals surface area contributed by atoms with E-state index in [1.54, 1.807) is 11.3 Å². The summed E-state index contributed by atoms with van der Waals surface area (Å²) in [6.07, 6.45) is 3.09. The SMILES string of the molecule is Cc1c(C(=O)CSc2nnc(Cc3cccs3)n2C2CC2)oc2ccccc12. The first kappa shape index (κ1) is 17.7. The van der Waals surface area contributed by atoms with Crippen LogP contribution < -0.4 is 0 Å². The van der Waals surface area contributed by atoms with Crippen LogP contribution in [0.1, 0.15) is 45.7 Å². The summed E-state index contributed by atoms with van der Waals surface area (Å²) in [6, 6.07) is 12.4. The second-order valence-corrected chi connectivity index (χ2v) is 9.00. The van der Waals surface area contributed by atoms with Crippen molar-refractivity contribution in [1.82, 2.24) is 14.8 Å². The lowest BCUT2D eigenvalue weighted by molar-refractivity contribution is 0.0993. The maximum atomic E-state index is 12.8. The predicted molar refractivity (Wildman–Crippen MR) is 111 cm³/mol. The first-order valence-electron chi connectivity index (χ1n) is 9.31. The number of para-hydroxylation sites is 1. The van der Waals surface area contributed by atoms with Crippen LogP contribution in [0.25, 0.3) is 11.0 Å². The lowest BCUT2D eigenvalue weighted by Crippen LogP contribution is -2.06. The van der Waals surface area contributed by atoms with Gasteiger partial charge < -0.3 is 8.98 Å². The van der Waals surface area contributed by atoms with Crippen LogP contribution in [0.5, 0.6) is 0 Å². The third-order valence-electron chi connectivity index (χ3n) is 4.99. The van der Waals surface area contributed by atoms with Crippen molar-refractivity contribution in [3.8, 4) is 0 Å². The second kappa shape index (κ2) is 7.22. The smallest absolute Gasteiger partial charge is 0.208 e. The van der Waals surface area contributed by atoms with Crippen molar-refractivity contribution < 1.29 is 9.21 Å². The van der Waals surface area contributed by atoms with E-state index in [2.05, 4.69) is 32.3 Å². The first-order valence-corrected chi connectivity index (χ1v) is 11.2. The van der Waals surface area contributed by atoms with Gasteiger partial charge in [0.15, 0.2) is 10.9 Å². The number of Topliss-reactive ketones (excluding diaryl/α,β-unsaturated/α-hetero) is 1. The summed E-state index contributed by atoms with van der Waals surface area (Å²) in [5, 5.41) is 12.7. The Balaban J connectivity index is 1.35. The molecule has 0 aliphatic heterocycles. The summed E-state index contributed by atoms with van der Waals surface area (Å²) in [5.74, 6) is 1.72. The Morgan fingerprint density at radius 2 is 2.11 bits per heavy atom. The monoisotopic (exact) mass is 409 g/mol. The summed E-state index contributed by atoms with van der Waals surface area (Å²) in [5.41, 5.74) is 1.66. The molecule has 0 bridgehead atoms. The molecule has 1 aromatic carbocycles. The number of carbonyl (C=O) groups is 1. The van der Waals surface area contributed by atoms with E-state index in [0.717, 1.165) is 46.8 Å². The summed E-state index contributed by atoms with van der Waals surface area (Å²) >= 11 is 3.19. The number of benzene rings is 1. The molecule has 4 aromatic rings. The van der Waals surface area contributed by atoms with Gasteiger partial charge in [0.2, 0.25) is 5.78 Å². The first-order chi connectivity index (χ1) is 13.7. The number of ketones is 1. The van der Waals surface area contributed by atoms with Crippen LogP contribution in [0.2, 0.25) is 0 Å². The Kier molecular flexibility index (Phi) is 4.56. The fourth-order valence-electron chi connectivity index (χ4n) is 3.43. The number of carbonyl (C=O) groups excluding carboxylic acids is 1. The van der Waals surface area contributed by atoms with Crippen LogP contribution in [0.4, 0.5) is 0 Å². The molecule has 7 heteroatoms. The van der Waals surface area contributed by atoms with Crippen molar-refractivity contribution in [1.29, 1.82) is 0 Å². The molecule has 0 N–H and O–H groups in total. The van der Waals surface area contributed by atoms with Crippen LogP contribution >= 0.6 is 23.1 Å². The number of furan rings is 1. The van der Waals surface area contributed by atoms with Crippen LogP contribution in [-0.2, 0) is 6.42 Å². The summed E-state index contributed by atoms with van der Waals surface area (Å²) in [7, 11) is 0. The van der Waals surface area contributed by atoms with Gasteiger partial charge >= 0.3 is 0 Å². The van der Waals surface area contributed by atoms with Crippen molar-refractivity contribution in [2.24, 2.45) is 0 Å². The zero-order chi connectivity index (χ0) is 19.1. The standard InChI is InChI=1S/C21H19N3O2S2/c1-13-16-6-2-3-7-18(16)26-20(13)17(25)12-28-21-23-22-19(24(21)14-8-9-14)11-15-5-4-10-27-15/h2-7,10,14H,8-9,11-12H2,1H3. The maximum absolute atomic E-state index is 12.8. The van der Waals surface area contributed by atoms with Gasteiger partial charge in [-0.15, -0.1) is 21.5 Å². The van der Waals surface area contributed by atoms with E-state index in [0.29, 0.717) is 17.6 Å². The number of thiophene rings is 1. The lowest BCUT2D eigenvalue weighted by atomic mass is 10.1. The fourth-order valence-corrected chi connectivity index (χ4v) is 5.02. The average molecular weight is 410 g/mol. The van der Waals surface area contributed by atoms with Crippen LogP contribution in [-0.4, -0.2) is 26.3 Å². The lowest BCUT2D eigenvalue weighted by Gasteiger charge is -2.07. The molecule has 0 unspecified atom stereocenters. The van der Waals surface area contributed by atoms with Gasteiger partial charge in [-0.2, -0.15) is 0 Å². The molecule has 0 amide bonds. The van der Waals surface area contributed by atoms with Crippen molar-refractivity contribution in [2.75, 3.05) is 5.75 Å². The van der Waals surface area contributed by atoms with Crippen LogP contribution in [0.3, 0.4) is 0 Å². The largest absolute Gasteiger partial charge is 0.453 e. The predicted octanol–water partition coefficient (Wildman–Crippen LogP) is 5.29. The quantitative estimate of drug-likeness (QED) is 0.306. The normalized spacial score (nSPS) is 14.0. The van der Waals surface area contributed by atoms with Crippen molar-refractivity contribution in [2.45, 2.75) is 37.4 Å². The number of hydrogen-bond donors (Lipinski definition) is 0. The van der Waals surface area contributed by atoms with E-state index in [1.165, 1.54) is 16.6 Å². The van der Waals surface area contributed by atoms with E-state index in [4.69, 9.17) is 4.42 Å². The van der Waals surface area contributed by atoms with Gasteiger partial charge in [0.1, 0.15) is 11.4 Å². The van der Waals surface area contributed by atoms with Gasteiger partial charge in [0.05, 0.1) is 5.75 Å². The van der Waals surface area contributed by atoms with Gasteiger partial charge in [0, 0.05) is 28.3 Å². The summed E-state index contributed by atoms with van der Waals surface area (Å²) in [6.45, 7) is 1.94. The van der Waals surface area contributed by atoms with Crippen molar-refractivity contribution in [3.05, 3.63) is 63.8 Å². The Hall–Kier alpha value is -2.38. The number of fused-ring (bicyclic) bond motifs is 1. The summed E-state index contributed by atoms with van der Waals surface area (Å²) < 4.78 is 8.04. The molecule has 0 radical (unpaired) electrons. The Morgan fingerprint density at radius 3 is 2.86 bits per heavy atom. The summed E-state index contributed by atoms with van der Waals surface area (Å²) in [4.78, 5) is 14.1. The third kappa shape index (κ3) is 3.29. The van der Waals surface area contributed by atoms with Gasteiger partial charge in [-0.1, -0.05) is 36.0 Å². The van der Waals surface area contributed by atoms with Gasteiger partial charge in [-0.05, 0) is 37.3 Å². The third-order valence-corrected chi connectivity index (χ3v) is 6.81. The second-order valence-electron chi connectivity index (χ2n) is 7.02. The number of hydrogen-bond acceptors (Lipinski definition) is 6. The molecule has 0 atom stereocenters. The molecule has 142 valence electrons. The van der Waals surface area contributed by atoms with E-state index < -0.39 is 0 Å². The fraction of sp³-hybridized carbons (Fsp3) is 0.286. The Labute approximate surface area is 170 Å².